The van der Waals surface area contributed by atoms with E-state index in [1.807, 2.05) is 25.2 Å². The Morgan fingerprint density at radius 3 is 2.65 bits per heavy atom. The van der Waals surface area contributed by atoms with Gasteiger partial charge in [0.2, 0.25) is 5.91 Å². The first kappa shape index (κ1) is 17.8. The van der Waals surface area contributed by atoms with E-state index in [-0.39, 0.29) is 17.3 Å². The number of aromatic nitrogens is 3. The minimum absolute atomic E-state index is 0.0242. The molecule has 6 nitrogen and oxygen atoms in total. The molecule has 0 aliphatic heterocycles. The molecule has 0 radical (unpaired) electrons. The number of hydrogen-bond donors (Lipinski definition) is 2. The molecule has 1 amide bonds. The number of carbonyl (C=O) groups excluding carboxylic acids is 1. The SMILES string of the molecule is CC(C)(C)NC(=O)CCNc1c(-c2ccc(F)cc2)nc2cnccn12. The molecule has 1 aromatic carbocycles. The van der Waals surface area contributed by atoms with Gasteiger partial charge in [-0.05, 0) is 45.0 Å². The molecule has 26 heavy (non-hydrogen) atoms. The van der Waals surface area contributed by atoms with Crippen molar-refractivity contribution in [2.24, 2.45) is 0 Å². The fourth-order valence-corrected chi connectivity index (χ4v) is 2.66. The Labute approximate surface area is 151 Å². The fourth-order valence-electron chi connectivity index (χ4n) is 2.66. The zero-order valence-corrected chi connectivity index (χ0v) is 15.1. The van der Waals surface area contributed by atoms with E-state index < -0.39 is 0 Å². The summed E-state index contributed by atoms with van der Waals surface area (Å²) in [4.78, 5) is 20.7. The van der Waals surface area contributed by atoms with Gasteiger partial charge in [0.25, 0.3) is 0 Å². The van der Waals surface area contributed by atoms with Crippen molar-refractivity contribution in [3.63, 3.8) is 0 Å². The first-order valence-electron chi connectivity index (χ1n) is 8.46. The number of fused-ring (bicyclic) bond motifs is 1. The van der Waals surface area contributed by atoms with Gasteiger partial charge in [0.1, 0.15) is 17.3 Å². The highest BCUT2D eigenvalue weighted by molar-refractivity contribution is 5.79. The molecular weight excluding hydrogens is 333 g/mol. The lowest BCUT2D eigenvalue weighted by Gasteiger charge is -2.20. The molecule has 2 heterocycles. The minimum Gasteiger partial charge on any atom is -0.369 e. The van der Waals surface area contributed by atoms with Crippen LogP contribution in [0.25, 0.3) is 16.9 Å². The lowest BCUT2D eigenvalue weighted by Crippen LogP contribution is -2.41. The van der Waals surface area contributed by atoms with Gasteiger partial charge in [0.15, 0.2) is 5.65 Å². The Balaban J connectivity index is 1.83. The van der Waals surface area contributed by atoms with Crippen molar-refractivity contribution in [3.8, 4) is 11.3 Å². The summed E-state index contributed by atoms with van der Waals surface area (Å²) in [5.74, 6) is 0.425. The van der Waals surface area contributed by atoms with Crippen LogP contribution in [0.4, 0.5) is 10.2 Å². The van der Waals surface area contributed by atoms with E-state index >= 15 is 0 Å². The second-order valence-corrected chi connectivity index (χ2v) is 7.10. The van der Waals surface area contributed by atoms with Crippen LogP contribution >= 0.6 is 0 Å². The molecule has 136 valence electrons. The second kappa shape index (κ2) is 7.11. The summed E-state index contributed by atoms with van der Waals surface area (Å²) < 4.78 is 15.1. The zero-order valence-electron chi connectivity index (χ0n) is 15.1. The van der Waals surface area contributed by atoms with Crippen molar-refractivity contribution in [3.05, 3.63) is 48.7 Å². The van der Waals surface area contributed by atoms with Crippen molar-refractivity contribution >= 4 is 17.4 Å². The van der Waals surface area contributed by atoms with Gasteiger partial charge in [-0.1, -0.05) is 0 Å². The maximum absolute atomic E-state index is 13.2. The Bertz CT molecular complexity index is 912. The van der Waals surface area contributed by atoms with Crippen molar-refractivity contribution in [2.75, 3.05) is 11.9 Å². The van der Waals surface area contributed by atoms with Gasteiger partial charge in [-0.25, -0.2) is 9.37 Å². The maximum atomic E-state index is 13.2. The van der Waals surface area contributed by atoms with Crippen LogP contribution in [-0.2, 0) is 4.79 Å². The molecule has 0 aliphatic carbocycles. The van der Waals surface area contributed by atoms with Gasteiger partial charge in [-0.3, -0.25) is 14.2 Å². The van der Waals surface area contributed by atoms with Crippen molar-refractivity contribution < 1.29 is 9.18 Å². The zero-order chi connectivity index (χ0) is 18.7. The van der Waals surface area contributed by atoms with Crippen LogP contribution in [0.2, 0.25) is 0 Å². The van der Waals surface area contributed by atoms with Gasteiger partial charge < -0.3 is 10.6 Å². The van der Waals surface area contributed by atoms with E-state index in [9.17, 15) is 9.18 Å². The summed E-state index contributed by atoms with van der Waals surface area (Å²) in [7, 11) is 0. The van der Waals surface area contributed by atoms with Crippen molar-refractivity contribution in [1.82, 2.24) is 19.7 Å². The van der Waals surface area contributed by atoms with E-state index in [2.05, 4.69) is 20.6 Å². The molecule has 0 bridgehead atoms. The summed E-state index contributed by atoms with van der Waals surface area (Å²) in [6.45, 7) is 6.29. The molecule has 0 aliphatic rings. The molecule has 0 fully saturated rings. The maximum Gasteiger partial charge on any atom is 0.222 e. The number of rotatable bonds is 5. The van der Waals surface area contributed by atoms with Gasteiger partial charge in [-0.15, -0.1) is 0 Å². The minimum atomic E-state index is -0.299. The summed E-state index contributed by atoms with van der Waals surface area (Å²) in [5.41, 5.74) is 1.89. The average molecular weight is 355 g/mol. The number of imidazole rings is 1. The van der Waals surface area contributed by atoms with Gasteiger partial charge in [-0.2, -0.15) is 0 Å². The van der Waals surface area contributed by atoms with Crippen LogP contribution in [-0.4, -0.2) is 32.4 Å². The molecule has 0 saturated carbocycles. The third kappa shape index (κ3) is 4.17. The van der Waals surface area contributed by atoms with Gasteiger partial charge in [0.05, 0.1) is 6.20 Å². The van der Waals surface area contributed by atoms with Crippen LogP contribution in [0.3, 0.4) is 0 Å². The third-order valence-electron chi connectivity index (χ3n) is 3.71. The number of amides is 1. The first-order chi connectivity index (χ1) is 12.3. The smallest absolute Gasteiger partial charge is 0.222 e. The molecule has 3 rings (SSSR count). The van der Waals surface area contributed by atoms with E-state index in [0.717, 1.165) is 11.4 Å². The Hall–Kier alpha value is -2.96. The molecule has 2 aromatic heterocycles. The number of anilines is 1. The van der Waals surface area contributed by atoms with Crippen LogP contribution < -0.4 is 10.6 Å². The normalized spacial score (nSPS) is 11.5. The van der Waals surface area contributed by atoms with Crippen LogP contribution in [0.15, 0.2) is 42.9 Å². The first-order valence-corrected chi connectivity index (χ1v) is 8.46. The summed E-state index contributed by atoms with van der Waals surface area (Å²) in [6, 6.07) is 6.17. The summed E-state index contributed by atoms with van der Waals surface area (Å²) >= 11 is 0. The van der Waals surface area contributed by atoms with Crippen molar-refractivity contribution in [1.29, 1.82) is 0 Å². The van der Waals surface area contributed by atoms with Crippen molar-refractivity contribution in [2.45, 2.75) is 32.7 Å². The molecule has 0 spiro atoms. The largest absolute Gasteiger partial charge is 0.369 e. The lowest BCUT2D eigenvalue weighted by molar-refractivity contribution is -0.122. The molecule has 0 atom stereocenters. The topological polar surface area (TPSA) is 71.3 Å². The van der Waals surface area contributed by atoms with Crippen LogP contribution in [0.1, 0.15) is 27.2 Å². The number of benzene rings is 1. The van der Waals surface area contributed by atoms with E-state index in [4.69, 9.17) is 0 Å². The summed E-state index contributed by atoms with van der Waals surface area (Å²) in [6.07, 6.45) is 5.45. The number of carbonyl (C=O) groups is 1. The lowest BCUT2D eigenvalue weighted by atomic mass is 10.1. The molecule has 2 N–H and O–H groups in total. The van der Waals surface area contributed by atoms with Crippen LogP contribution in [0, 0.1) is 5.82 Å². The standard InChI is InChI=1S/C19H22FN5O/c1-19(2,3)24-16(26)8-9-22-18-17(13-4-6-14(20)7-5-13)23-15-12-21-10-11-25(15)18/h4-7,10-12,22H,8-9H2,1-3H3,(H,24,26). The molecular formula is C19H22FN5O. The Kier molecular flexibility index (Phi) is 4.88. The molecule has 0 saturated heterocycles. The average Bonchev–Trinajstić information content (AvgIpc) is 2.93. The predicted molar refractivity (Wildman–Crippen MR) is 99.4 cm³/mol. The fraction of sp³-hybridized carbons (Fsp3) is 0.316. The monoisotopic (exact) mass is 355 g/mol. The number of halogens is 1. The van der Waals surface area contributed by atoms with Crippen LogP contribution in [0.5, 0.6) is 0 Å². The molecule has 0 unspecified atom stereocenters. The van der Waals surface area contributed by atoms with E-state index in [1.54, 1.807) is 30.7 Å². The highest BCUT2D eigenvalue weighted by Gasteiger charge is 2.16. The van der Waals surface area contributed by atoms with Gasteiger partial charge >= 0.3 is 0 Å². The third-order valence-corrected chi connectivity index (χ3v) is 3.71. The number of hydrogen-bond acceptors (Lipinski definition) is 4. The second-order valence-electron chi connectivity index (χ2n) is 7.10. The van der Waals surface area contributed by atoms with E-state index in [0.29, 0.717) is 24.3 Å². The van der Waals surface area contributed by atoms with Gasteiger partial charge in [0, 0.05) is 36.5 Å². The Morgan fingerprint density at radius 1 is 1.23 bits per heavy atom. The molecule has 7 heteroatoms. The number of nitrogens with one attached hydrogen (secondary N) is 2. The quantitative estimate of drug-likeness (QED) is 0.737. The highest BCUT2D eigenvalue weighted by Crippen LogP contribution is 2.28. The Morgan fingerprint density at radius 2 is 1.96 bits per heavy atom. The predicted octanol–water partition coefficient (Wildman–Crippen LogP) is 3.25. The number of nitrogens with zero attached hydrogens (tertiary/aromatic N) is 3. The molecule has 3 aromatic rings. The van der Waals surface area contributed by atoms with E-state index in [1.165, 1.54) is 12.1 Å². The summed E-state index contributed by atoms with van der Waals surface area (Å²) in [5, 5.41) is 6.22. The highest BCUT2D eigenvalue weighted by atomic mass is 19.1.